The minimum Gasteiger partial charge on any atom is -0.335 e. The quantitative estimate of drug-likeness (QED) is 0.800. The van der Waals surface area contributed by atoms with Gasteiger partial charge in [0.1, 0.15) is 0 Å². The Morgan fingerprint density at radius 2 is 1.87 bits per heavy atom. The van der Waals surface area contributed by atoms with Gasteiger partial charge < -0.3 is 10.2 Å². The summed E-state index contributed by atoms with van der Waals surface area (Å²) in [5, 5.41) is 3.48. The Balaban J connectivity index is 1.47. The van der Waals surface area contributed by atoms with E-state index in [0.717, 1.165) is 31.5 Å². The standard InChI is InChI=1S/C19H23N3O/c23-19-7-6-18(22(19)15-17-8-11-20-12-9-17)10-13-21-14-16-4-2-1-3-5-16/h1-5,8-9,11-12,18,21H,6-7,10,13-15H2. The van der Waals surface area contributed by atoms with Crippen LogP contribution < -0.4 is 5.32 Å². The number of benzene rings is 1. The zero-order chi connectivity index (χ0) is 15.9. The van der Waals surface area contributed by atoms with Gasteiger partial charge in [0.15, 0.2) is 0 Å². The highest BCUT2D eigenvalue weighted by molar-refractivity contribution is 5.78. The zero-order valence-electron chi connectivity index (χ0n) is 13.3. The van der Waals surface area contributed by atoms with Crippen LogP contribution in [-0.4, -0.2) is 28.4 Å². The van der Waals surface area contributed by atoms with Crippen LogP contribution in [0.4, 0.5) is 0 Å². The fourth-order valence-corrected chi connectivity index (χ4v) is 3.09. The molecule has 3 rings (SSSR count). The van der Waals surface area contributed by atoms with E-state index in [-0.39, 0.29) is 5.91 Å². The number of nitrogens with one attached hydrogen (secondary N) is 1. The number of hydrogen-bond acceptors (Lipinski definition) is 3. The summed E-state index contributed by atoms with van der Waals surface area (Å²) in [5.41, 5.74) is 2.45. The van der Waals surface area contributed by atoms with Crippen molar-refractivity contribution in [2.45, 2.75) is 38.4 Å². The van der Waals surface area contributed by atoms with E-state index in [4.69, 9.17) is 0 Å². The van der Waals surface area contributed by atoms with Crippen molar-refractivity contribution in [3.8, 4) is 0 Å². The van der Waals surface area contributed by atoms with Gasteiger partial charge >= 0.3 is 0 Å². The van der Waals surface area contributed by atoms with Crippen LogP contribution in [0.1, 0.15) is 30.4 Å². The number of pyridine rings is 1. The molecule has 0 radical (unpaired) electrons. The van der Waals surface area contributed by atoms with Gasteiger partial charge in [0.2, 0.25) is 5.91 Å². The molecule has 1 fully saturated rings. The molecule has 1 saturated heterocycles. The summed E-state index contributed by atoms with van der Waals surface area (Å²) in [4.78, 5) is 18.2. The van der Waals surface area contributed by atoms with Crippen molar-refractivity contribution in [2.24, 2.45) is 0 Å². The van der Waals surface area contributed by atoms with Crippen LogP contribution in [0, 0.1) is 0 Å². The molecule has 1 aliphatic rings. The third kappa shape index (κ3) is 4.39. The van der Waals surface area contributed by atoms with E-state index < -0.39 is 0 Å². The second kappa shape index (κ2) is 7.88. The van der Waals surface area contributed by atoms with E-state index in [1.165, 1.54) is 5.56 Å². The molecule has 4 heteroatoms. The molecule has 2 heterocycles. The number of amides is 1. The van der Waals surface area contributed by atoms with Gasteiger partial charge in [0, 0.05) is 37.9 Å². The SMILES string of the molecule is O=C1CCC(CCNCc2ccccc2)N1Cc1ccncc1. The smallest absolute Gasteiger partial charge is 0.223 e. The second-order valence-electron chi connectivity index (χ2n) is 6.02. The summed E-state index contributed by atoms with van der Waals surface area (Å²) < 4.78 is 0. The maximum Gasteiger partial charge on any atom is 0.223 e. The van der Waals surface area contributed by atoms with Crippen LogP contribution in [0.25, 0.3) is 0 Å². The van der Waals surface area contributed by atoms with Crippen molar-refractivity contribution in [3.05, 3.63) is 66.0 Å². The van der Waals surface area contributed by atoms with E-state index in [1.54, 1.807) is 12.4 Å². The van der Waals surface area contributed by atoms with Gasteiger partial charge in [-0.3, -0.25) is 9.78 Å². The van der Waals surface area contributed by atoms with Crippen molar-refractivity contribution in [2.75, 3.05) is 6.54 Å². The number of carbonyl (C=O) groups excluding carboxylic acids is 1. The van der Waals surface area contributed by atoms with E-state index >= 15 is 0 Å². The average Bonchev–Trinajstić information content (AvgIpc) is 2.94. The van der Waals surface area contributed by atoms with Gasteiger partial charge in [-0.15, -0.1) is 0 Å². The summed E-state index contributed by atoms with van der Waals surface area (Å²) in [5.74, 6) is 0.273. The molecule has 1 atom stereocenters. The van der Waals surface area contributed by atoms with Gasteiger partial charge in [-0.2, -0.15) is 0 Å². The molecule has 1 aromatic heterocycles. The number of hydrogen-bond donors (Lipinski definition) is 1. The molecule has 0 aliphatic carbocycles. The van der Waals surface area contributed by atoms with E-state index in [9.17, 15) is 4.79 Å². The fraction of sp³-hybridized carbons (Fsp3) is 0.368. The summed E-state index contributed by atoms with van der Waals surface area (Å²) >= 11 is 0. The van der Waals surface area contributed by atoms with Gasteiger partial charge in [-0.1, -0.05) is 30.3 Å². The summed E-state index contributed by atoms with van der Waals surface area (Å²) in [6, 6.07) is 14.7. The molecule has 0 saturated carbocycles. The summed E-state index contributed by atoms with van der Waals surface area (Å²) in [7, 11) is 0. The van der Waals surface area contributed by atoms with E-state index in [1.807, 2.05) is 23.1 Å². The predicted octanol–water partition coefficient (Wildman–Crippen LogP) is 2.75. The Kier molecular flexibility index (Phi) is 5.37. The van der Waals surface area contributed by atoms with Crippen molar-refractivity contribution in [3.63, 3.8) is 0 Å². The lowest BCUT2D eigenvalue weighted by Gasteiger charge is -2.25. The van der Waals surface area contributed by atoms with Crippen LogP contribution in [0.15, 0.2) is 54.9 Å². The summed E-state index contributed by atoms with van der Waals surface area (Å²) in [6.07, 6.45) is 6.22. The van der Waals surface area contributed by atoms with Crippen LogP contribution in [0.5, 0.6) is 0 Å². The number of nitrogens with zero attached hydrogens (tertiary/aromatic N) is 2. The van der Waals surface area contributed by atoms with Gasteiger partial charge in [-0.25, -0.2) is 0 Å². The zero-order valence-corrected chi connectivity index (χ0v) is 13.3. The molecule has 1 aromatic carbocycles. The molecule has 1 N–H and O–H groups in total. The van der Waals surface area contributed by atoms with E-state index in [0.29, 0.717) is 19.0 Å². The molecule has 4 nitrogen and oxygen atoms in total. The molecule has 0 spiro atoms. The van der Waals surface area contributed by atoms with E-state index in [2.05, 4.69) is 34.6 Å². The number of carbonyl (C=O) groups is 1. The number of aromatic nitrogens is 1. The molecular formula is C19H23N3O. The van der Waals surface area contributed by atoms with Crippen LogP contribution in [0.2, 0.25) is 0 Å². The molecule has 120 valence electrons. The highest BCUT2D eigenvalue weighted by Gasteiger charge is 2.30. The molecular weight excluding hydrogens is 286 g/mol. The lowest BCUT2D eigenvalue weighted by atomic mass is 10.1. The summed E-state index contributed by atoms with van der Waals surface area (Å²) in [6.45, 7) is 2.51. The average molecular weight is 309 g/mol. The van der Waals surface area contributed by atoms with Crippen LogP contribution >= 0.6 is 0 Å². The molecule has 0 bridgehead atoms. The monoisotopic (exact) mass is 309 g/mol. The maximum atomic E-state index is 12.1. The Labute approximate surface area is 137 Å². The van der Waals surface area contributed by atoms with Crippen LogP contribution in [-0.2, 0) is 17.9 Å². The minimum absolute atomic E-state index is 0.273. The van der Waals surface area contributed by atoms with Crippen molar-refractivity contribution in [1.82, 2.24) is 15.2 Å². The van der Waals surface area contributed by atoms with Crippen LogP contribution in [0.3, 0.4) is 0 Å². The minimum atomic E-state index is 0.273. The Morgan fingerprint density at radius 1 is 1.09 bits per heavy atom. The first kappa shape index (κ1) is 15.7. The largest absolute Gasteiger partial charge is 0.335 e. The fourth-order valence-electron chi connectivity index (χ4n) is 3.09. The first-order valence-corrected chi connectivity index (χ1v) is 8.26. The maximum absolute atomic E-state index is 12.1. The first-order chi connectivity index (χ1) is 11.3. The highest BCUT2D eigenvalue weighted by Crippen LogP contribution is 2.23. The highest BCUT2D eigenvalue weighted by atomic mass is 16.2. The Bertz CT molecular complexity index is 615. The normalized spacial score (nSPS) is 17.7. The number of rotatable bonds is 7. The third-order valence-corrected chi connectivity index (χ3v) is 4.38. The van der Waals surface area contributed by atoms with Crippen molar-refractivity contribution >= 4 is 5.91 Å². The van der Waals surface area contributed by atoms with Crippen molar-refractivity contribution in [1.29, 1.82) is 0 Å². The van der Waals surface area contributed by atoms with Gasteiger partial charge in [0.05, 0.1) is 0 Å². The van der Waals surface area contributed by atoms with Gasteiger partial charge in [0.25, 0.3) is 0 Å². The number of likely N-dealkylation sites (tertiary alicyclic amines) is 1. The molecule has 1 aliphatic heterocycles. The molecule has 1 amide bonds. The predicted molar refractivity (Wildman–Crippen MR) is 90.6 cm³/mol. The lowest BCUT2D eigenvalue weighted by Crippen LogP contribution is -2.34. The van der Waals surface area contributed by atoms with Crippen molar-refractivity contribution < 1.29 is 4.79 Å². The second-order valence-corrected chi connectivity index (χ2v) is 6.02. The Morgan fingerprint density at radius 3 is 2.65 bits per heavy atom. The first-order valence-electron chi connectivity index (χ1n) is 8.26. The molecule has 23 heavy (non-hydrogen) atoms. The lowest BCUT2D eigenvalue weighted by molar-refractivity contribution is -0.129. The van der Waals surface area contributed by atoms with Gasteiger partial charge in [-0.05, 0) is 42.6 Å². The Hall–Kier alpha value is -2.20. The molecule has 2 aromatic rings. The molecule has 1 unspecified atom stereocenters. The topological polar surface area (TPSA) is 45.2 Å². The third-order valence-electron chi connectivity index (χ3n) is 4.38.